The van der Waals surface area contributed by atoms with Crippen molar-refractivity contribution in [1.82, 2.24) is 4.90 Å². The van der Waals surface area contributed by atoms with E-state index in [4.69, 9.17) is 15.2 Å². The molecule has 0 saturated carbocycles. The Morgan fingerprint density at radius 2 is 2.11 bits per heavy atom. The van der Waals surface area contributed by atoms with Gasteiger partial charge in [0.25, 0.3) is 0 Å². The van der Waals surface area contributed by atoms with Crippen molar-refractivity contribution in [1.29, 1.82) is 0 Å². The molecular weight excluding hydrogens is 232 g/mol. The summed E-state index contributed by atoms with van der Waals surface area (Å²) < 4.78 is 10.7. The van der Waals surface area contributed by atoms with Crippen LogP contribution in [0.5, 0.6) is 0 Å². The first-order valence-electron chi connectivity index (χ1n) is 6.79. The van der Waals surface area contributed by atoms with Gasteiger partial charge in [0.2, 0.25) is 5.91 Å². The van der Waals surface area contributed by atoms with Gasteiger partial charge in [0.05, 0.1) is 18.8 Å². The highest BCUT2D eigenvalue weighted by Gasteiger charge is 2.22. The summed E-state index contributed by atoms with van der Waals surface area (Å²) in [5.41, 5.74) is 5.40. The fourth-order valence-corrected chi connectivity index (χ4v) is 2.11. The summed E-state index contributed by atoms with van der Waals surface area (Å²) >= 11 is 0. The average Bonchev–Trinajstić information content (AvgIpc) is 2.42. The fraction of sp³-hybridized carbons (Fsp3) is 0.923. The van der Waals surface area contributed by atoms with Gasteiger partial charge >= 0.3 is 0 Å². The van der Waals surface area contributed by atoms with E-state index < -0.39 is 0 Å². The van der Waals surface area contributed by atoms with Crippen LogP contribution in [0.15, 0.2) is 0 Å². The van der Waals surface area contributed by atoms with Crippen LogP contribution in [0.25, 0.3) is 0 Å². The van der Waals surface area contributed by atoms with Crippen molar-refractivity contribution in [2.45, 2.75) is 44.8 Å². The molecule has 1 saturated heterocycles. The molecule has 1 heterocycles. The molecule has 0 aromatic rings. The molecule has 1 aliphatic rings. The molecular formula is C13H26N2O3. The van der Waals surface area contributed by atoms with Gasteiger partial charge in [-0.05, 0) is 26.2 Å². The van der Waals surface area contributed by atoms with E-state index in [1.54, 1.807) is 7.11 Å². The van der Waals surface area contributed by atoms with Crippen molar-refractivity contribution in [3.8, 4) is 0 Å². The molecule has 0 spiro atoms. The van der Waals surface area contributed by atoms with Crippen LogP contribution in [0, 0.1) is 0 Å². The van der Waals surface area contributed by atoms with Crippen LogP contribution in [0.1, 0.15) is 32.6 Å². The molecule has 0 aromatic heterocycles. The van der Waals surface area contributed by atoms with Crippen molar-refractivity contribution in [2.24, 2.45) is 5.73 Å². The third-order valence-electron chi connectivity index (χ3n) is 3.43. The minimum Gasteiger partial charge on any atom is -0.382 e. The summed E-state index contributed by atoms with van der Waals surface area (Å²) in [4.78, 5) is 13.9. The monoisotopic (exact) mass is 258 g/mol. The molecule has 1 fully saturated rings. The number of hydrogen-bond donors (Lipinski definition) is 1. The van der Waals surface area contributed by atoms with Gasteiger partial charge in [0.15, 0.2) is 0 Å². The maximum atomic E-state index is 11.9. The van der Waals surface area contributed by atoms with Gasteiger partial charge in [-0.15, -0.1) is 0 Å². The highest BCUT2D eigenvalue weighted by atomic mass is 16.5. The van der Waals surface area contributed by atoms with Crippen LogP contribution >= 0.6 is 0 Å². The number of piperidine rings is 1. The second-order valence-electron chi connectivity index (χ2n) is 4.82. The third-order valence-corrected chi connectivity index (χ3v) is 3.43. The molecule has 18 heavy (non-hydrogen) atoms. The maximum absolute atomic E-state index is 11.9. The SMILES string of the molecule is COC(C)CCC(=O)N1CCC(OCCN)CC1. The Morgan fingerprint density at radius 1 is 1.44 bits per heavy atom. The Kier molecular flexibility index (Phi) is 7.23. The Balaban J connectivity index is 2.19. The Bertz CT molecular complexity index is 240. The van der Waals surface area contributed by atoms with Crippen LogP contribution < -0.4 is 5.73 Å². The number of likely N-dealkylation sites (tertiary alicyclic amines) is 1. The number of nitrogens with zero attached hydrogens (tertiary/aromatic N) is 1. The van der Waals surface area contributed by atoms with Crippen LogP contribution in [-0.2, 0) is 14.3 Å². The normalized spacial score (nSPS) is 18.9. The number of amides is 1. The van der Waals surface area contributed by atoms with Gasteiger partial charge in [-0.3, -0.25) is 4.79 Å². The van der Waals surface area contributed by atoms with Crippen LogP contribution in [0.3, 0.4) is 0 Å². The van der Waals surface area contributed by atoms with Gasteiger partial charge in [-0.25, -0.2) is 0 Å². The van der Waals surface area contributed by atoms with Crippen LogP contribution in [-0.4, -0.2) is 56.4 Å². The number of methoxy groups -OCH3 is 1. The Labute approximate surface area is 110 Å². The van der Waals surface area contributed by atoms with Gasteiger partial charge < -0.3 is 20.1 Å². The van der Waals surface area contributed by atoms with Gasteiger partial charge in [0.1, 0.15) is 0 Å². The summed E-state index contributed by atoms with van der Waals surface area (Å²) in [6, 6.07) is 0. The molecule has 0 radical (unpaired) electrons. The lowest BCUT2D eigenvalue weighted by molar-refractivity contribution is -0.134. The molecule has 1 atom stereocenters. The second kappa shape index (κ2) is 8.45. The summed E-state index contributed by atoms with van der Waals surface area (Å²) in [6.07, 6.45) is 3.63. The van der Waals surface area contributed by atoms with Crippen molar-refractivity contribution in [3.63, 3.8) is 0 Å². The van der Waals surface area contributed by atoms with Crippen molar-refractivity contribution in [3.05, 3.63) is 0 Å². The number of carbonyl (C=O) groups is 1. The van der Waals surface area contributed by atoms with E-state index in [1.165, 1.54) is 0 Å². The average molecular weight is 258 g/mol. The molecule has 1 rings (SSSR count). The van der Waals surface area contributed by atoms with Crippen molar-refractivity contribution >= 4 is 5.91 Å². The highest BCUT2D eigenvalue weighted by Crippen LogP contribution is 2.15. The van der Waals surface area contributed by atoms with Crippen LogP contribution in [0.4, 0.5) is 0 Å². The first-order valence-corrected chi connectivity index (χ1v) is 6.79. The summed E-state index contributed by atoms with van der Waals surface area (Å²) in [7, 11) is 1.68. The van der Waals surface area contributed by atoms with E-state index in [0.717, 1.165) is 32.4 Å². The van der Waals surface area contributed by atoms with E-state index in [1.807, 2.05) is 11.8 Å². The van der Waals surface area contributed by atoms with Crippen LogP contribution in [0.2, 0.25) is 0 Å². The summed E-state index contributed by atoms with van der Waals surface area (Å²) in [6.45, 7) is 4.77. The first-order chi connectivity index (χ1) is 8.67. The third kappa shape index (κ3) is 5.33. The Hall–Kier alpha value is -0.650. The maximum Gasteiger partial charge on any atom is 0.222 e. The molecule has 1 aliphatic heterocycles. The van der Waals surface area contributed by atoms with E-state index in [0.29, 0.717) is 19.6 Å². The second-order valence-corrected chi connectivity index (χ2v) is 4.82. The molecule has 0 aliphatic carbocycles. The molecule has 2 N–H and O–H groups in total. The predicted molar refractivity (Wildman–Crippen MR) is 70.3 cm³/mol. The predicted octanol–water partition coefficient (Wildman–Crippen LogP) is 0.768. The molecule has 5 heteroatoms. The molecule has 0 bridgehead atoms. The summed E-state index contributed by atoms with van der Waals surface area (Å²) in [5, 5.41) is 0. The quantitative estimate of drug-likeness (QED) is 0.732. The zero-order valence-electron chi connectivity index (χ0n) is 11.6. The molecule has 5 nitrogen and oxygen atoms in total. The smallest absolute Gasteiger partial charge is 0.222 e. The van der Waals surface area contributed by atoms with E-state index in [-0.39, 0.29) is 18.1 Å². The van der Waals surface area contributed by atoms with E-state index in [2.05, 4.69) is 0 Å². The lowest BCUT2D eigenvalue weighted by Gasteiger charge is -2.32. The highest BCUT2D eigenvalue weighted by molar-refractivity contribution is 5.76. The number of nitrogens with two attached hydrogens (primary N) is 1. The zero-order chi connectivity index (χ0) is 13.4. The number of rotatable bonds is 7. The van der Waals surface area contributed by atoms with Gasteiger partial charge in [-0.1, -0.05) is 0 Å². The Morgan fingerprint density at radius 3 is 2.67 bits per heavy atom. The lowest BCUT2D eigenvalue weighted by atomic mass is 10.1. The molecule has 0 aromatic carbocycles. The fourth-order valence-electron chi connectivity index (χ4n) is 2.11. The number of carbonyl (C=O) groups excluding carboxylic acids is 1. The minimum absolute atomic E-state index is 0.152. The summed E-state index contributed by atoms with van der Waals surface area (Å²) in [5.74, 6) is 0.233. The van der Waals surface area contributed by atoms with Crippen molar-refractivity contribution < 1.29 is 14.3 Å². The largest absolute Gasteiger partial charge is 0.382 e. The standard InChI is InChI=1S/C13H26N2O3/c1-11(17-2)3-4-13(16)15-8-5-12(6-9-15)18-10-7-14/h11-12H,3-10,14H2,1-2H3. The molecule has 106 valence electrons. The van der Waals surface area contributed by atoms with Gasteiger partial charge in [-0.2, -0.15) is 0 Å². The molecule has 1 unspecified atom stereocenters. The molecule has 1 amide bonds. The van der Waals surface area contributed by atoms with E-state index in [9.17, 15) is 4.79 Å². The topological polar surface area (TPSA) is 64.8 Å². The van der Waals surface area contributed by atoms with Gasteiger partial charge in [0, 0.05) is 33.2 Å². The minimum atomic E-state index is 0.152. The van der Waals surface area contributed by atoms with E-state index >= 15 is 0 Å². The zero-order valence-corrected chi connectivity index (χ0v) is 11.6. The first kappa shape index (κ1) is 15.4. The van der Waals surface area contributed by atoms with Crippen molar-refractivity contribution in [2.75, 3.05) is 33.4 Å². The number of hydrogen-bond acceptors (Lipinski definition) is 4. The number of ether oxygens (including phenoxy) is 2. The lowest BCUT2D eigenvalue weighted by Crippen LogP contribution is -2.41.